The van der Waals surface area contributed by atoms with Crippen LogP contribution in [0.5, 0.6) is 11.5 Å². The molecule has 0 fully saturated rings. The number of phenols is 2. The van der Waals surface area contributed by atoms with Crippen molar-refractivity contribution >= 4 is 43.1 Å². The Hall–Kier alpha value is -4.82. The summed E-state index contributed by atoms with van der Waals surface area (Å²) in [5.41, 5.74) is 9.26. The summed E-state index contributed by atoms with van der Waals surface area (Å²) in [5, 5.41) is 34.1. The third kappa shape index (κ3) is 2.46. The smallest absolute Gasteiger partial charge is 0.124 e. The lowest BCUT2D eigenvalue weighted by atomic mass is 9.76. The van der Waals surface area contributed by atoms with Crippen molar-refractivity contribution in [3.8, 4) is 11.5 Å². The number of benzene rings is 7. The zero-order valence-electron chi connectivity index (χ0n) is 22.9. The van der Waals surface area contributed by atoms with E-state index in [1.807, 2.05) is 0 Å². The number of aromatic hydroxyl groups is 2. The highest BCUT2D eigenvalue weighted by atomic mass is 16.3. The van der Waals surface area contributed by atoms with Gasteiger partial charge in [0.25, 0.3) is 0 Å². The van der Waals surface area contributed by atoms with Crippen molar-refractivity contribution in [2.45, 2.75) is 36.5 Å². The molecule has 7 aromatic rings. The normalized spacial score (nSPS) is 22.3. The fourth-order valence-corrected chi connectivity index (χ4v) is 9.55. The van der Waals surface area contributed by atoms with Crippen LogP contribution in [0.3, 0.4) is 0 Å². The maximum absolute atomic E-state index is 12.0. The summed E-state index contributed by atoms with van der Waals surface area (Å²) in [6.07, 6.45) is 1.87. The van der Waals surface area contributed by atoms with Crippen LogP contribution in [-0.4, -0.2) is 10.2 Å². The molecule has 0 amide bonds. The van der Waals surface area contributed by atoms with E-state index in [1.54, 1.807) is 0 Å². The highest BCUT2D eigenvalue weighted by Crippen LogP contribution is 2.69. The predicted molar refractivity (Wildman–Crippen MR) is 169 cm³/mol. The van der Waals surface area contributed by atoms with Gasteiger partial charge in [-0.25, -0.2) is 0 Å². The third-order valence-corrected chi connectivity index (χ3v) is 11.3. The summed E-state index contributed by atoms with van der Waals surface area (Å²) in [5.74, 6) is 1.43. The maximum Gasteiger partial charge on any atom is 0.124 e. The van der Waals surface area contributed by atoms with Crippen molar-refractivity contribution in [1.82, 2.24) is 0 Å². The van der Waals surface area contributed by atoms with E-state index in [1.165, 1.54) is 65.3 Å². The average molecular weight is 539 g/mol. The van der Waals surface area contributed by atoms with Crippen LogP contribution < -0.4 is 0 Å². The summed E-state index contributed by atoms with van der Waals surface area (Å²) in [6, 6.07) is 35.7. The third-order valence-electron chi connectivity index (χ3n) is 11.3. The molecule has 0 saturated carbocycles. The van der Waals surface area contributed by atoms with Crippen LogP contribution in [0.1, 0.15) is 81.0 Å². The van der Waals surface area contributed by atoms with E-state index in [0.29, 0.717) is 11.5 Å². The van der Waals surface area contributed by atoms with Crippen molar-refractivity contribution in [3.63, 3.8) is 0 Å². The molecular weight excluding hydrogens is 512 g/mol. The van der Waals surface area contributed by atoms with Gasteiger partial charge in [-0.1, -0.05) is 72.8 Å². The first-order valence-corrected chi connectivity index (χ1v) is 15.2. The van der Waals surface area contributed by atoms with Crippen LogP contribution in [0.15, 0.2) is 97.1 Å². The second kappa shape index (κ2) is 7.14. The zero-order valence-corrected chi connectivity index (χ0v) is 22.9. The van der Waals surface area contributed by atoms with E-state index in [0.717, 1.165) is 35.1 Å². The largest absolute Gasteiger partial charge is 0.507 e. The van der Waals surface area contributed by atoms with Gasteiger partial charge in [-0.05, 0) is 102 Å². The Morgan fingerprint density at radius 3 is 0.881 bits per heavy atom. The van der Waals surface area contributed by atoms with Crippen LogP contribution in [0.4, 0.5) is 0 Å². The Balaban J connectivity index is 1.10. The van der Waals surface area contributed by atoms with Crippen LogP contribution >= 0.6 is 0 Å². The lowest BCUT2D eigenvalue weighted by Crippen LogP contribution is -2.11. The van der Waals surface area contributed by atoms with Crippen molar-refractivity contribution in [2.75, 3.05) is 0 Å². The van der Waals surface area contributed by atoms with Crippen LogP contribution in [-0.2, 0) is 0 Å². The van der Waals surface area contributed by atoms with E-state index in [2.05, 4.69) is 97.1 Å². The standard InChI is InChI=1S/C40H26O2/c41-39-35-31-17-32(28-14-24-10-20-6-2-1-5-19(20)9-23(24)13-27(28)31)36(35)40(42)38-34-18-33(37(38)39)29-15-25-11-21-7-3-4-8-22(21)12-26(25)16-30(29)34/h1-16,31-34,41-42H,17-18H2. The molecule has 2 heteroatoms. The molecule has 2 N–H and O–H groups in total. The van der Waals surface area contributed by atoms with Gasteiger partial charge in [0.1, 0.15) is 11.5 Å². The highest BCUT2D eigenvalue weighted by Gasteiger charge is 2.52. The molecule has 2 nitrogen and oxygen atoms in total. The molecule has 4 bridgehead atoms. The van der Waals surface area contributed by atoms with Crippen molar-refractivity contribution in [1.29, 1.82) is 0 Å². The molecule has 7 aromatic carbocycles. The van der Waals surface area contributed by atoms with Gasteiger partial charge in [0.15, 0.2) is 0 Å². The summed E-state index contributed by atoms with van der Waals surface area (Å²) >= 11 is 0. The van der Waals surface area contributed by atoms with E-state index in [4.69, 9.17) is 0 Å². The van der Waals surface area contributed by atoms with Crippen molar-refractivity contribution in [3.05, 3.63) is 142 Å². The summed E-state index contributed by atoms with van der Waals surface area (Å²) in [4.78, 5) is 0. The van der Waals surface area contributed by atoms with Gasteiger partial charge in [-0.15, -0.1) is 0 Å². The SMILES string of the molecule is Oc1c2c(c(O)c3c1C1CC3c3cc4cc5ccccc5cc4cc31)C1CC2c2cc3cc4ccccc4cc3cc21. The molecule has 4 atom stereocenters. The average Bonchev–Trinajstić information content (AvgIpc) is 3.78. The van der Waals surface area contributed by atoms with Crippen molar-refractivity contribution in [2.24, 2.45) is 0 Å². The molecule has 4 unspecified atom stereocenters. The minimum Gasteiger partial charge on any atom is -0.507 e. The molecule has 11 rings (SSSR count). The van der Waals surface area contributed by atoms with E-state index < -0.39 is 0 Å². The Morgan fingerprint density at radius 2 is 0.619 bits per heavy atom. The fourth-order valence-electron chi connectivity index (χ4n) is 9.55. The molecule has 0 heterocycles. The molecule has 0 spiro atoms. The van der Waals surface area contributed by atoms with Crippen LogP contribution in [0, 0.1) is 0 Å². The number of phenolic OH excluding ortho intramolecular Hbond substituents is 2. The molecule has 0 aliphatic heterocycles. The van der Waals surface area contributed by atoms with Gasteiger partial charge in [-0.3, -0.25) is 0 Å². The number of hydrogen-bond donors (Lipinski definition) is 2. The van der Waals surface area contributed by atoms with E-state index in [-0.39, 0.29) is 23.7 Å². The Labute approximate surface area is 242 Å². The van der Waals surface area contributed by atoms with Gasteiger partial charge < -0.3 is 10.2 Å². The lowest BCUT2D eigenvalue weighted by molar-refractivity contribution is 0.440. The Bertz CT molecular complexity index is 2080. The van der Waals surface area contributed by atoms with Crippen LogP contribution in [0.2, 0.25) is 0 Å². The van der Waals surface area contributed by atoms with E-state index in [9.17, 15) is 10.2 Å². The lowest BCUT2D eigenvalue weighted by Gasteiger charge is -2.29. The molecule has 4 aliphatic rings. The molecular formula is C40H26O2. The monoisotopic (exact) mass is 538 g/mol. The maximum atomic E-state index is 12.0. The zero-order chi connectivity index (χ0) is 27.4. The van der Waals surface area contributed by atoms with Gasteiger partial charge in [-0.2, -0.15) is 0 Å². The van der Waals surface area contributed by atoms with E-state index >= 15 is 0 Å². The molecule has 198 valence electrons. The molecule has 0 radical (unpaired) electrons. The topological polar surface area (TPSA) is 40.5 Å². The molecule has 0 aromatic heterocycles. The molecule has 4 aliphatic carbocycles. The first-order chi connectivity index (χ1) is 20.6. The van der Waals surface area contributed by atoms with Crippen LogP contribution in [0.25, 0.3) is 43.1 Å². The Morgan fingerprint density at radius 1 is 0.357 bits per heavy atom. The van der Waals surface area contributed by atoms with Gasteiger partial charge in [0.05, 0.1) is 0 Å². The van der Waals surface area contributed by atoms with Crippen molar-refractivity contribution < 1.29 is 10.2 Å². The minimum atomic E-state index is 0.133. The molecule has 42 heavy (non-hydrogen) atoms. The second-order valence-corrected chi connectivity index (χ2v) is 13.1. The fraction of sp³-hybridized carbons (Fsp3) is 0.150. The number of fused-ring (bicyclic) bond motifs is 20. The first kappa shape index (κ1) is 21.9. The summed E-state index contributed by atoms with van der Waals surface area (Å²) in [7, 11) is 0. The highest BCUT2D eigenvalue weighted by molar-refractivity contribution is 6.01. The van der Waals surface area contributed by atoms with Gasteiger partial charge in [0, 0.05) is 45.9 Å². The van der Waals surface area contributed by atoms with Gasteiger partial charge >= 0.3 is 0 Å². The number of rotatable bonds is 0. The van der Waals surface area contributed by atoms with Gasteiger partial charge in [0.2, 0.25) is 0 Å². The summed E-state index contributed by atoms with van der Waals surface area (Å²) in [6.45, 7) is 0. The summed E-state index contributed by atoms with van der Waals surface area (Å²) < 4.78 is 0. The quantitative estimate of drug-likeness (QED) is 0.149. The minimum absolute atomic E-state index is 0.133. The first-order valence-electron chi connectivity index (χ1n) is 15.2. The molecule has 0 saturated heterocycles. The Kier molecular flexibility index (Phi) is 3.72. The predicted octanol–water partition coefficient (Wildman–Crippen LogP) is 9.67. The second-order valence-electron chi connectivity index (χ2n) is 13.1. The number of hydrogen-bond acceptors (Lipinski definition) is 2.